The Kier molecular flexibility index (Phi) is 4.23. The summed E-state index contributed by atoms with van der Waals surface area (Å²) in [6.45, 7) is 0.247. The van der Waals surface area contributed by atoms with Crippen LogP contribution >= 0.6 is 0 Å². The van der Waals surface area contributed by atoms with Gasteiger partial charge in [-0.1, -0.05) is 0 Å². The highest BCUT2D eigenvalue weighted by atomic mass is 16.4. The molecule has 0 heterocycles. The lowest BCUT2D eigenvalue weighted by atomic mass is 9.83. The topological polar surface area (TPSA) is 94.8 Å². The minimum Gasteiger partial charge on any atom is -0.481 e. The van der Waals surface area contributed by atoms with E-state index in [1.54, 1.807) is 0 Å². The van der Waals surface area contributed by atoms with Crippen LogP contribution in [0.5, 0.6) is 0 Å². The van der Waals surface area contributed by atoms with E-state index >= 15 is 0 Å². The van der Waals surface area contributed by atoms with Gasteiger partial charge in [0.1, 0.15) is 5.78 Å². The Morgan fingerprint density at radius 1 is 1.33 bits per heavy atom. The molecule has 2 aliphatic carbocycles. The second-order valence-corrected chi connectivity index (χ2v) is 4.16. The van der Waals surface area contributed by atoms with Crippen molar-refractivity contribution < 1.29 is 24.9 Å². The van der Waals surface area contributed by atoms with E-state index in [9.17, 15) is 9.59 Å². The Bertz CT molecular complexity index is 236. The summed E-state index contributed by atoms with van der Waals surface area (Å²) in [5, 5.41) is 25.2. The molecule has 0 spiro atoms. The minimum atomic E-state index is -0.843. The molecule has 0 aliphatic heterocycles. The van der Waals surface area contributed by atoms with Crippen LogP contribution in [0, 0.1) is 11.8 Å². The first-order chi connectivity index (χ1) is 7.02. The third kappa shape index (κ3) is 3.60. The predicted octanol–water partition coefficient (Wildman–Crippen LogP) is -0.200. The Morgan fingerprint density at radius 2 is 1.87 bits per heavy atom. The third-order valence-corrected chi connectivity index (χ3v) is 2.77. The zero-order valence-corrected chi connectivity index (χ0v) is 8.43. The summed E-state index contributed by atoms with van der Waals surface area (Å²) in [6, 6.07) is 0. The molecule has 5 nitrogen and oxygen atoms in total. The summed E-state index contributed by atoms with van der Waals surface area (Å²) in [4.78, 5) is 20.1. The van der Waals surface area contributed by atoms with Crippen molar-refractivity contribution >= 4 is 11.8 Å². The van der Waals surface area contributed by atoms with Crippen molar-refractivity contribution in [1.29, 1.82) is 0 Å². The van der Waals surface area contributed by atoms with E-state index in [0.717, 1.165) is 12.8 Å². The Morgan fingerprint density at radius 3 is 2.00 bits per heavy atom. The number of aliphatic hydroxyl groups excluding tert-OH is 2. The summed E-state index contributed by atoms with van der Waals surface area (Å²) in [5.41, 5.74) is 0. The van der Waals surface area contributed by atoms with Crippen LogP contribution in [-0.2, 0) is 9.59 Å². The molecule has 15 heavy (non-hydrogen) atoms. The summed E-state index contributed by atoms with van der Waals surface area (Å²) < 4.78 is 0. The quantitative estimate of drug-likeness (QED) is 0.594. The SMILES string of the molecule is O=C1CC(C(=O)O)C1.OCC1CC(O)C1. The van der Waals surface area contributed by atoms with Gasteiger partial charge in [-0.15, -0.1) is 0 Å². The van der Waals surface area contributed by atoms with Gasteiger partial charge in [-0.25, -0.2) is 0 Å². The summed E-state index contributed by atoms with van der Waals surface area (Å²) in [6.07, 6.45) is 1.98. The smallest absolute Gasteiger partial charge is 0.307 e. The molecule has 2 rings (SSSR count). The number of Topliss-reactive ketones (excluding diaryl/α,β-unsaturated/α-hetero) is 1. The van der Waals surface area contributed by atoms with E-state index in [1.807, 2.05) is 0 Å². The van der Waals surface area contributed by atoms with Crippen molar-refractivity contribution in [2.24, 2.45) is 11.8 Å². The van der Waals surface area contributed by atoms with Crippen LogP contribution in [0.4, 0.5) is 0 Å². The highest BCUT2D eigenvalue weighted by Crippen LogP contribution is 2.25. The van der Waals surface area contributed by atoms with E-state index in [1.165, 1.54) is 0 Å². The minimum absolute atomic E-state index is 0.0670. The largest absolute Gasteiger partial charge is 0.481 e. The summed E-state index contributed by atoms with van der Waals surface area (Å²) in [5.74, 6) is -0.750. The van der Waals surface area contributed by atoms with Crippen molar-refractivity contribution in [2.75, 3.05) is 6.61 Å². The molecule has 2 saturated carbocycles. The second kappa shape index (κ2) is 5.23. The van der Waals surface area contributed by atoms with Crippen LogP contribution < -0.4 is 0 Å². The number of aliphatic carboxylic acids is 1. The molecule has 0 amide bonds. The van der Waals surface area contributed by atoms with Gasteiger partial charge in [0, 0.05) is 19.4 Å². The zero-order chi connectivity index (χ0) is 11.4. The van der Waals surface area contributed by atoms with Crippen molar-refractivity contribution in [3.8, 4) is 0 Å². The molecule has 0 unspecified atom stereocenters. The molecule has 0 aromatic heterocycles. The van der Waals surface area contributed by atoms with Crippen LogP contribution in [0.2, 0.25) is 0 Å². The standard InChI is InChI=1S/C5H6O3.C5H10O2/c6-4-1-3(2-4)5(7)8;6-3-4-1-5(7)2-4/h3H,1-2H2,(H,7,8);4-7H,1-3H2. The molecule has 2 fully saturated rings. The van der Waals surface area contributed by atoms with Crippen LogP contribution in [0.15, 0.2) is 0 Å². The number of hydrogen-bond acceptors (Lipinski definition) is 4. The second-order valence-electron chi connectivity index (χ2n) is 4.16. The molecule has 3 N–H and O–H groups in total. The van der Waals surface area contributed by atoms with E-state index in [0.29, 0.717) is 5.92 Å². The van der Waals surface area contributed by atoms with Gasteiger partial charge in [-0.3, -0.25) is 9.59 Å². The number of hydrogen-bond donors (Lipinski definition) is 3. The van der Waals surface area contributed by atoms with Crippen LogP contribution in [0.3, 0.4) is 0 Å². The number of carboxylic acids is 1. The van der Waals surface area contributed by atoms with Crippen LogP contribution in [-0.4, -0.2) is 39.8 Å². The first-order valence-corrected chi connectivity index (χ1v) is 5.06. The van der Waals surface area contributed by atoms with Crippen molar-refractivity contribution in [3.05, 3.63) is 0 Å². The number of ketones is 1. The average molecular weight is 216 g/mol. The van der Waals surface area contributed by atoms with E-state index < -0.39 is 5.97 Å². The van der Waals surface area contributed by atoms with Gasteiger partial charge in [0.2, 0.25) is 0 Å². The number of rotatable bonds is 2. The lowest BCUT2D eigenvalue weighted by Gasteiger charge is -2.29. The van der Waals surface area contributed by atoms with Crippen molar-refractivity contribution in [2.45, 2.75) is 31.8 Å². The summed E-state index contributed by atoms with van der Waals surface area (Å²) >= 11 is 0. The normalized spacial score (nSPS) is 29.6. The van der Waals surface area contributed by atoms with Crippen molar-refractivity contribution in [3.63, 3.8) is 0 Å². The molecule has 0 saturated heterocycles. The first-order valence-electron chi connectivity index (χ1n) is 5.06. The maximum atomic E-state index is 10.2. The van der Waals surface area contributed by atoms with Crippen LogP contribution in [0.25, 0.3) is 0 Å². The predicted molar refractivity (Wildman–Crippen MR) is 51.2 cm³/mol. The molecule has 0 bridgehead atoms. The fraction of sp³-hybridized carbons (Fsp3) is 0.800. The highest BCUT2D eigenvalue weighted by Gasteiger charge is 2.32. The van der Waals surface area contributed by atoms with E-state index in [4.69, 9.17) is 15.3 Å². The average Bonchev–Trinajstić information content (AvgIpc) is 2.08. The van der Waals surface area contributed by atoms with Gasteiger partial charge < -0.3 is 15.3 Å². The fourth-order valence-electron chi connectivity index (χ4n) is 1.51. The maximum absolute atomic E-state index is 10.2. The van der Waals surface area contributed by atoms with Gasteiger partial charge in [-0.2, -0.15) is 0 Å². The number of carboxylic acid groups (broad SMARTS) is 1. The fourth-order valence-corrected chi connectivity index (χ4v) is 1.51. The Labute approximate surface area is 87.7 Å². The van der Waals surface area contributed by atoms with E-state index in [-0.39, 0.29) is 37.3 Å². The van der Waals surface area contributed by atoms with E-state index in [2.05, 4.69) is 0 Å². The number of carbonyl (C=O) groups is 2. The van der Waals surface area contributed by atoms with Gasteiger partial charge >= 0.3 is 5.97 Å². The monoisotopic (exact) mass is 216 g/mol. The molecular formula is C10H16O5. The molecule has 5 heteroatoms. The molecule has 86 valence electrons. The first kappa shape index (κ1) is 12.1. The molecule has 2 aliphatic rings. The lowest BCUT2D eigenvalue weighted by molar-refractivity contribution is -0.149. The van der Waals surface area contributed by atoms with Gasteiger partial charge in [0.25, 0.3) is 0 Å². The molecule has 0 radical (unpaired) electrons. The number of carbonyl (C=O) groups excluding carboxylic acids is 1. The third-order valence-electron chi connectivity index (χ3n) is 2.77. The maximum Gasteiger partial charge on any atom is 0.307 e. The molecular weight excluding hydrogens is 200 g/mol. The van der Waals surface area contributed by atoms with Crippen LogP contribution in [0.1, 0.15) is 25.7 Å². The van der Waals surface area contributed by atoms with Gasteiger partial charge in [0.15, 0.2) is 0 Å². The lowest BCUT2D eigenvalue weighted by Crippen LogP contribution is -2.30. The highest BCUT2D eigenvalue weighted by molar-refractivity contribution is 5.93. The van der Waals surface area contributed by atoms with Crippen molar-refractivity contribution in [1.82, 2.24) is 0 Å². The molecule has 0 aromatic carbocycles. The number of aliphatic hydroxyl groups is 2. The van der Waals surface area contributed by atoms with Gasteiger partial charge in [-0.05, 0) is 18.8 Å². The Hall–Kier alpha value is -0.940. The summed E-state index contributed by atoms with van der Waals surface area (Å²) in [7, 11) is 0. The van der Waals surface area contributed by atoms with Gasteiger partial charge in [0.05, 0.1) is 12.0 Å². The molecule has 0 aromatic rings. The Balaban J connectivity index is 0.000000151. The zero-order valence-electron chi connectivity index (χ0n) is 8.43. The molecule has 0 atom stereocenters.